The predicted octanol–water partition coefficient (Wildman–Crippen LogP) is 3.69. The number of hydrogen-bond donors (Lipinski definition) is 2. The van der Waals surface area contributed by atoms with Crippen LogP contribution in [-0.2, 0) is 10.2 Å². The molecule has 0 saturated carbocycles. The van der Waals surface area contributed by atoms with Crippen LogP contribution in [0.5, 0.6) is 0 Å². The number of unbranched alkanes of at least 4 members (excludes halogenated alkanes) is 1. The fourth-order valence-corrected chi connectivity index (χ4v) is 3.42. The molecule has 0 bridgehead atoms. The molecular formula is C20H33N3O. The molecule has 4 heteroatoms. The number of anilines is 1. The summed E-state index contributed by atoms with van der Waals surface area (Å²) in [6, 6.07) is 7.01. The molecule has 134 valence electrons. The summed E-state index contributed by atoms with van der Waals surface area (Å²) in [5, 5.41) is 6.66. The largest absolute Gasteiger partial charge is 0.325 e. The van der Waals surface area contributed by atoms with Crippen LogP contribution in [0.25, 0.3) is 0 Å². The maximum atomic E-state index is 12.1. The highest BCUT2D eigenvalue weighted by Crippen LogP contribution is 2.38. The van der Waals surface area contributed by atoms with E-state index in [-0.39, 0.29) is 11.9 Å². The lowest BCUT2D eigenvalue weighted by molar-refractivity contribution is -0.119. The van der Waals surface area contributed by atoms with Crippen LogP contribution >= 0.6 is 0 Å². The van der Waals surface area contributed by atoms with Crippen molar-refractivity contribution in [3.63, 3.8) is 0 Å². The van der Waals surface area contributed by atoms with Gasteiger partial charge in [-0.2, -0.15) is 0 Å². The molecule has 1 aliphatic heterocycles. The molecule has 1 aromatic carbocycles. The molecule has 0 fully saturated rings. The normalized spacial score (nSPS) is 18.4. The Balaban J connectivity index is 2.00. The van der Waals surface area contributed by atoms with Crippen LogP contribution in [-0.4, -0.2) is 37.0 Å². The molecule has 0 saturated heterocycles. The quantitative estimate of drug-likeness (QED) is 0.763. The van der Waals surface area contributed by atoms with Gasteiger partial charge in [-0.1, -0.05) is 25.5 Å². The Morgan fingerprint density at radius 3 is 2.67 bits per heavy atom. The zero-order chi connectivity index (χ0) is 17.9. The molecule has 1 aromatic rings. The van der Waals surface area contributed by atoms with Gasteiger partial charge >= 0.3 is 0 Å². The molecule has 0 radical (unpaired) electrons. The van der Waals surface area contributed by atoms with Gasteiger partial charge in [-0.05, 0) is 64.9 Å². The Labute approximate surface area is 147 Å². The van der Waals surface area contributed by atoms with E-state index < -0.39 is 5.41 Å². The van der Waals surface area contributed by atoms with Crippen molar-refractivity contribution in [2.45, 2.75) is 65.0 Å². The second-order valence-corrected chi connectivity index (χ2v) is 7.79. The summed E-state index contributed by atoms with van der Waals surface area (Å²) in [5.74, 6) is 0.0844. The number of likely N-dealkylation sites (N-methyl/N-ethyl adjacent to an activating group) is 1. The van der Waals surface area contributed by atoms with Crippen LogP contribution in [0.15, 0.2) is 18.2 Å². The van der Waals surface area contributed by atoms with Gasteiger partial charge in [0.1, 0.15) is 0 Å². The van der Waals surface area contributed by atoms with E-state index in [4.69, 9.17) is 0 Å². The number of rotatable bonds is 8. The summed E-state index contributed by atoms with van der Waals surface area (Å²) in [4.78, 5) is 14.5. The third-order valence-corrected chi connectivity index (χ3v) is 5.05. The molecular weight excluding hydrogens is 298 g/mol. The standard InChI is InChI=1S/C20H33N3O/c1-7-8-11-23(6)13-14(2)21-15(3)16-9-10-18-17(12-16)20(4,5)19(24)22-18/h9-10,12,14-15,21H,7-8,11,13H2,1-6H3,(H,22,24)/t14-,15?/m0/s1. The fourth-order valence-electron chi connectivity index (χ4n) is 3.42. The summed E-state index contributed by atoms with van der Waals surface area (Å²) < 4.78 is 0. The molecule has 0 aliphatic carbocycles. The lowest BCUT2D eigenvalue weighted by Crippen LogP contribution is -2.39. The second-order valence-electron chi connectivity index (χ2n) is 7.79. The first-order chi connectivity index (χ1) is 11.3. The summed E-state index contributed by atoms with van der Waals surface area (Å²) in [6.07, 6.45) is 2.49. The first-order valence-corrected chi connectivity index (χ1v) is 9.16. The summed E-state index contributed by atoms with van der Waals surface area (Å²) >= 11 is 0. The topological polar surface area (TPSA) is 44.4 Å². The monoisotopic (exact) mass is 331 g/mol. The van der Waals surface area contributed by atoms with Gasteiger partial charge in [0, 0.05) is 24.3 Å². The number of nitrogens with one attached hydrogen (secondary N) is 2. The minimum Gasteiger partial charge on any atom is -0.325 e. The minimum atomic E-state index is -0.447. The Morgan fingerprint density at radius 2 is 2.00 bits per heavy atom. The lowest BCUT2D eigenvalue weighted by Gasteiger charge is -2.26. The first kappa shape index (κ1) is 18.9. The van der Waals surface area contributed by atoms with Crippen molar-refractivity contribution in [2.75, 3.05) is 25.5 Å². The number of hydrogen-bond acceptors (Lipinski definition) is 3. The number of carbonyl (C=O) groups excluding carboxylic acids is 1. The highest BCUT2D eigenvalue weighted by atomic mass is 16.2. The number of fused-ring (bicyclic) bond motifs is 1. The second kappa shape index (κ2) is 7.66. The van der Waals surface area contributed by atoms with Gasteiger partial charge in [-0.3, -0.25) is 4.79 Å². The van der Waals surface area contributed by atoms with E-state index in [2.05, 4.69) is 55.5 Å². The molecule has 2 rings (SSSR count). The fraction of sp³-hybridized carbons (Fsp3) is 0.650. The van der Waals surface area contributed by atoms with E-state index in [1.54, 1.807) is 0 Å². The molecule has 1 aliphatic rings. The van der Waals surface area contributed by atoms with Crippen molar-refractivity contribution in [3.8, 4) is 0 Å². The van der Waals surface area contributed by atoms with Gasteiger partial charge in [-0.15, -0.1) is 0 Å². The van der Waals surface area contributed by atoms with Gasteiger partial charge in [0.15, 0.2) is 0 Å². The summed E-state index contributed by atoms with van der Waals surface area (Å²) in [7, 11) is 2.19. The minimum absolute atomic E-state index is 0.0844. The Morgan fingerprint density at radius 1 is 1.29 bits per heavy atom. The number of benzene rings is 1. The summed E-state index contributed by atoms with van der Waals surface area (Å²) in [6.45, 7) is 12.8. The van der Waals surface area contributed by atoms with Crippen LogP contribution in [0.2, 0.25) is 0 Å². The van der Waals surface area contributed by atoms with E-state index in [9.17, 15) is 4.79 Å². The highest BCUT2D eigenvalue weighted by molar-refractivity contribution is 6.05. The van der Waals surface area contributed by atoms with Gasteiger partial charge in [-0.25, -0.2) is 0 Å². The van der Waals surface area contributed by atoms with Gasteiger partial charge in [0.2, 0.25) is 5.91 Å². The maximum absolute atomic E-state index is 12.1. The summed E-state index contributed by atoms with van der Waals surface area (Å²) in [5.41, 5.74) is 2.85. The average Bonchev–Trinajstić information content (AvgIpc) is 2.74. The number of nitrogens with zero attached hydrogens (tertiary/aromatic N) is 1. The number of carbonyl (C=O) groups is 1. The highest BCUT2D eigenvalue weighted by Gasteiger charge is 2.38. The van der Waals surface area contributed by atoms with Crippen LogP contribution in [0.1, 0.15) is 64.6 Å². The average molecular weight is 332 g/mol. The van der Waals surface area contributed by atoms with Crippen molar-refractivity contribution >= 4 is 11.6 Å². The Hall–Kier alpha value is -1.39. The zero-order valence-corrected chi connectivity index (χ0v) is 16.1. The van der Waals surface area contributed by atoms with Crippen molar-refractivity contribution in [2.24, 2.45) is 0 Å². The molecule has 1 amide bonds. The smallest absolute Gasteiger partial charge is 0.234 e. The molecule has 2 N–H and O–H groups in total. The first-order valence-electron chi connectivity index (χ1n) is 9.16. The molecule has 0 aromatic heterocycles. The van der Waals surface area contributed by atoms with E-state index in [1.807, 2.05) is 19.9 Å². The van der Waals surface area contributed by atoms with Gasteiger partial charge in [0.05, 0.1) is 5.41 Å². The lowest BCUT2D eigenvalue weighted by atomic mass is 9.85. The van der Waals surface area contributed by atoms with E-state index >= 15 is 0 Å². The Kier molecular flexibility index (Phi) is 6.05. The van der Waals surface area contributed by atoms with Crippen molar-refractivity contribution in [1.29, 1.82) is 0 Å². The van der Waals surface area contributed by atoms with E-state index in [0.717, 1.165) is 24.3 Å². The molecule has 24 heavy (non-hydrogen) atoms. The van der Waals surface area contributed by atoms with Crippen molar-refractivity contribution < 1.29 is 4.79 Å². The van der Waals surface area contributed by atoms with Crippen molar-refractivity contribution in [1.82, 2.24) is 10.2 Å². The van der Waals surface area contributed by atoms with Gasteiger partial charge < -0.3 is 15.5 Å². The van der Waals surface area contributed by atoms with E-state index in [1.165, 1.54) is 18.4 Å². The third kappa shape index (κ3) is 4.17. The van der Waals surface area contributed by atoms with Crippen LogP contribution < -0.4 is 10.6 Å². The molecule has 4 nitrogen and oxygen atoms in total. The third-order valence-electron chi connectivity index (χ3n) is 5.05. The molecule has 1 heterocycles. The van der Waals surface area contributed by atoms with E-state index in [0.29, 0.717) is 6.04 Å². The van der Waals surface area contributed by atoms with Crippen LogP contribution in [0.4, 0.5) is 5.69 Å². The van der Waals surface area contributed by atoms with Gasteiger partial charge in [0.25, 0.3) is 0 Å². The van der Waals surface area contributed by atoms with Crippen molar-refractivity contribution in [3.05, 3.63) is 29.3 Å². The molecule has 2 atom stereocenters. The molecule has 0 spiro atoms. The zero-order valence-electron chi connectivity index (χ0n) is 16.1. The SMILES string of the molecule is CCCCN(C)C[C@H](C)NC(C)c1ccc2c(c1)C(C)(C)C(=O)N2. The maximum Gasteiger partial charge on any atom is 0.234 e. The molecule has 1 unspecified atom stereocenters. The van der Waals surface area contributed by atoms with Crippen LogP contribution in [0, 0.1) is 0 Å². The number of amides is 1. The predicted molar refractivity (Wildman–Crippen MR) is 102 cm³/mol. The Bertz CT molecular complexity index is 582. The van der Waals surface area contributed by atoms with Crippen LogP contribution in [0.3, 0.4) is 0 Å².